The zero-order valence-electron chi connectivity index (χ0n) is 14.4. The summed E-state index contributed by atoms with van der Waals surface area (Å²) in [6, 6.07) is 9.57. The summed E-state index contributed by atoms with van der Waals surface area (Å²) in [5.74, 6) is 0.461. The smallest absolute Gasteiger partial charge is 0.414 e. The normalized spacial score (nSPS) is 13.0. The van der Waals surface area contributed by atoms with Crippen LogP contribution in [0.2, 0.25) is 0 Å². The van der Waals surface area contributed by atoms with Crippen molar-refractivity contribution in [3.05, 3.63) is 41.6 Å². The van der Waals surface area contributed by atoms with E-state index in [1.165, 1.54) is 0 Å². The molecule has 0 spiro atoms. The minimum atomic E-state index is -1.15. The number of anilines is 1. The topological polar surface area (TPSA) is 56.2 Å². The molecule has 0 radical (unpaired) electrons. The molecule has 0 aliphatic carbocycles. The van der Waals surface area contributed by atoms with E-state index in [0.29, 0.717) is 5.82 Å². The summed E-state index contributed by atoms with van der Waals surface area (Å²) in [7, 11) is 0. The van der Waals surface area contributed by atoms with E-state index in [9.17, 15) is 4.79 Å². The fourth-order valence-electron chi connectivity index (χ4n) is 2.01. The van der Waals surface area contributed by atoms with Gasteiger partial charge < -0.3 is 4.74 Å². The van der Waals surface area contributed by atoms with E-state index in [2.05, 4.69) is 10.4 Å². The standard InChI is InChI=1S/C17H20Cl3N3O2/c1-10-5-7-11(8-6-10)23-13(9-12(22-23)17(2,3)4)21-16(24)25-15(20)14(18)19/h5-9,14-15H,1-4H3,(H,21,24). The molecule has 25 heavy (non-hydrogen) atoms. The lowest BCUT2D eigenvalue weighted by molar-refractivity contribution is 0.152. The maximum absolute atomic E-state index is 12.0. The third kappa shape index (κ3) is 5.27. The van der Waals surface area contributed by atoms with Gasteiger partial charge in [-0.15, -0.1) is 0 Å². The Morgan fingerprint density at radius 1 is 1.20 bits per heavy atom. The number of rotatable bonds is 4. The van der Waals surface area contributed by atoms with E-state index in [0.717, 1.165) is 16.9 Å². The number of nitrogens with one attached hydrogen (secondary N) is 1. The first kappa shape index (κ1) is 19.9. The molecule has 0 fully saturated rings. The van der Waals surface area contributed by atoms with E-state index in [1.807, 2.05) is 52.0 Å². The van der Waals surface area contributed by atoms with Crippen LogP contribution in [0.25, 0.3) is 5.69 Å². The average Bonchev–Trinajstić information content (AvgIpc) is 2.91. The Morgan fingerprint density at radius 3 is 2.32 bits per heavy atom. The Morgan fingerprint density at radius 2 is 1.80 bits per heavy atom. The van der Waals surface area contributed by atoms with E-state index in [-0.39, 0.29) is 5.41 Å². The molecule has 1 heterocycles. The van der Waals surface area contributed by atoms with Crippen molar-refractivity contribution in [3.63, 3.8) is 0 Å². The van der Waals surface area contributed by atoms with Crippen LogP contribution in [0.3, 0.4) is 0 Å². The number of ether oxygens (including phenoxy) is 1. The summed E-state index contributed by atoms with van der Waals surface area (Å²) >= 11 is 16.9. The SMILES string of the molecule is Cc1ccc(-n2nc(C(C)(C)C)cc2NC(=O)OC(Cl)C(Cl)Cl)cc1. The second kappa shape index (κ2) is 7.85. The van der Waals surface area contributed by atoms with Gasteiger partial charge in [-0.05, 0) is 19.1 Å². The van der Waals surface area contributed by atoms with Gasteiger partial charge in [-0.1, -0.05) is 73.3 Å². The molecule has 2 aromatic rings. The molecular formula is C17H20Cl3N3O2. The number of hydrogen-bond donors (Lipinski definition) is 1. The minimum absolute atomic E-state index is 0.192. The molecule has 0 aliphatic rings. The fraction of sp³-hybridized carbons (Fsp3) is 0.412. The van der Waals surface area contributed by atoms with Gasteiger partial charge in [0.1, 0.15) is 5.82 Å². The van der Waals surface area contributed by atoms with Crippen molar-refractivity contribution >= 4 is 46.7 Å². The molecule has 1 unspecified atom stereocenters. The molecule has 1 atom stereocenters. The largest absolute Gasteiger partial charge is 0.427 e. The first-order valence-electron chi connectivity index (χ1n) is 7.65. The molecule has 0 aliphatic heterocycles. The van der Waals surface area contributed by atoms with E-state index in [4.69, 9.17) is 39.5 Å². The van der Waals surface area contributed by atoms with Crippen molar-refractivity contribution in [1.29, 1.82) is 0 Å². The Bertz CT molecular complexity index is 737. The van der Waals surface area contributed by atoms with Crippen LogP contribution in [0.1, 0.15) is 32.0 Å². The van der Waals surface area contributed by atoms with Crippen LogP contribution >= 0.6 is 34.8 Å². The first-order valence-corrected chi connectivity index (χ1v) is 8.96. The molecule has 5 nitrogen and oxygen atoms in total. The highest BCUT2D eigenvalue weighted by Gasteiger charge is 2.23. The van der Waals surface area contributed by atoms with E-state index < -0.39 is 16.5 Å². The van der Waals surface area contributed by atoms with Gasteiger partial charge in [-0.3, -0.25) is 5.32 Å². The van der Waals surface area contributed by atoms with Crippen LogP contribution in [-0.2, 0) is 10.2 Å². The molecule has 0 saturated carbocycles. The van der Waals surface area contributed by atoms with Gasteiger partial charge in [0.05, 0.1) is 11.4 Å². The highest BCUT2D eigenvalue weighted by atomic mass is 35.5. The molecule has 1 amide bonds. The second-order valence-electron chi connectivity index (χ2n) is 6.63. The van der Waals surface area contributed by atoms with Crippen molar-refractivity contribution in [2.45, 2.75) is 43.5 Å². The van der Waals surface area contributed by atoms with Crippen LogP contribution in [0.5, 0.6) is 0 Å². The summed E-state index contributed by atoms with van der Waals surface area (Å²) in [6.45, 7) is 8.12. The van der Waals surface area contributed by atoms with Gasteiger partial charge in [-0.2, -0.15) is 5.10 Å². The van der Waals surface area contributed by atoms with Gasteiger partial charge in [0.15, 0.2) is 4.84 Å². The third-order valence-corrected chi connectivity index (χ3v) is 4.46. The molecule has 8 heteroatoms. The number of nitrogens with zero attached hydrogens (tertiary/aromatic N) is 2. The van der Waals surface area contributed by atoms with Gasteiger partial charge >= 0.3 is 6.09 Å². The number of hydrogen-bond acceptors (Lipinski definition) is 3. The van der Waals surface area contributed by atoms with Crippen LogP contribution in [0.4, 0.5) is 10.6 Å². The molecule has 1 aromatic carbocycles. The quantitative estimate of drug-likeness (QED) is 0.695. The predicted molar refractivity (Wildman–Crippen MR) is 102 cm³/mol. The summed E-state index contributed by atoms with van der Waals surface area (Å²) in [5.41, 5.74) is 1.41. The van der Waals surface area contributed by atoms with Gasteiger partial charge in [0, 0.05) is 11.5 Å². The molecule has 2 rings (SSSR count). The van der Waals surface area contributed by atoms with Crippen molar-refractivity contribution < 1.29 is 9.53 Å². The van der Waals surface area contributed by atoms with Crippen LogP contribution < -0.4 is 5.32 Å². The predicted octanol–water partition coefficient (Wildman–Crippen LogP) is 5.40. The number of halogens is 3. The van der Waals surface area contributed by atoms with Gasteiger partial charge in [0.2, 0.25) is 5.56 Å². The molecule has 136 valence electrons. The zero-order valence-corrected chi connectivity index (χ0v) is 16.7. The van der Waals surface area contributed by atoms with Gasteiger partial charge in [-0.25, -0.2) is 9.48 Å². The van der Waals surface area contributed by atoms with Crippen molar-refractivity contribution in [1.82, 2.24) is 9.78 Å². The Hall–Kier alpha value is -1.43. The minimum Gasteiger partial charge on any atom is -0.427 e. The summed E-state index contributed by atoms with van der Waals surface area (Å²) in [6.07, 6.45) is -0.764. The molecular weight excluding hydrogens is 385 g/mol. The fourth-order valence-corrected chi connectivity index (χ4v) is 2.19. The Kier molecular flexibility index (Phi) is 6.25. The van der Waals surface area contributed by atoms with Gasteiger partial charge in [0.25, 0.3) is 0 Å². The highest BCUT2D eigenvalue weighted by Crippen LogP contribution is 2.27. The molecule has 1 N–H and O–H groups in total. The maximum atomic E-state index is 12.0. The lowest BCUT2D eigenvalue weighted by Gasteiger charge is -2.14. The summed E-state index contributed by atoms with van der Waals surface area (Å²) in [4.78, 5) is 11.0. The van der Waals surface area contributed by atoms with Crippen LogP contribution in [0, 0.1) is 6.92 Å². The summed E-state index contributed by atoms with van der Waals surface area (Å²) in [5, 5.41) is 7.25. The monoisotopic (exact) mass is 403 g/mol. The number of aromatic nitrogens is 2. The first-order chi connectivity index (χ1) is 11.6. The lowest BCUT2D eigenvalue weighted by Crippen LogP contribution is -2.23. The highest BCUT2D eigenvalue weighted by molar-refractivity contribution is 6.48. The van der Waals surface area contributed by atoms with Crippen molar-refractivity contribution in [3.8, 4) is 5.69 Å². The number of aryl methyl sites for hydroxylation is 1. The maximum Gasteiger partial charge on any atom is 0.414 e. The third-order valence-electron chi connectivity index (χ3n) is 3.40. The van der Waals surface area contributed by atoms with E-state index >= 15 is 0 Å². The number of carbonyl (C=O) groups is 1. The zero-order chi connectivity index (χ0) is 18.8. The average molecular weight is 405 g/mol. The van der Waals surface area contributed by atoms with Crippen LogP contribution in [-0.4, -0.2) is 26.3 Å². The van der Waals surface area contributed by atoms with Crippen molar-refractivity contribution in [2.24, 2.45) is 0 Å². The summed E-state index contributed by atoms with van der Waals surface area (Å²) < 4.78 is 6.57. The number of benzene rings is 1. The number of alkyl halides is 3. The number of carbonyl (C=O) groups excluding carboxylic acids is 1. The second-order valence-corrected chi connectivity index (χ2v) is 8.22. The molecule has 1 aromatic heterocycles. The van der Waals surface area contributed by atoms with E-state index in [1.54, 1.807) is 10.7 Å². The number of amides is 1. The Balaban J connectivity index is 2.33. The molecule has 0 saturated heterocycles. The molecule has 0 bridgehead atoms. The van der Waals surface area contributed by atoms with Crippen LogP contribution in [0.15, 0.2) is 30.3 Å². The lowest BCUT2D eigenvalue weighted by atomic mass is 9.92. The van der Waals surface area contributed by atoms with Crippen molar-refractivity contribution in [2.75, 3.05) is 5.32 Å². The Labute approximate surface area is 162 Å².